The number of nitriles is 1. The average molecular weight is 293 g/mol. The van der Waals surface area contributed by atoms with Gasteiger partial charge >= 0.3 is 0 Å². The van der Waals surface area contributed by atoms with E-state index in [0.717, 1.165) is 12.0 Å². The van der Waals surface area contributed by atoms with E-state index in [-0.39, 0.29) is 10.8 Å². The first-order valence-electron chi connectivity index (χ1n) is 8.12. The number of aryl methyl sites for hydroxylation is 1. The summed E-state index contributed by atoms with van der Waals surface area (Å²) in [6.07, 6.45) is 10.1. The van der Waals surface area contributed by atoms with Gasteiger partial charge in [-0.25, -0.2) is 0 Å². The third-order valence-electron chi connectivity index (χ3n) is 5.10. The maximum Gasteiger partial charge on any atom is 0.0991 e. The van der Waals surface area contributed by atoms with Crippen LogP contribution in [0.4, 0.5) is 0 Å². The molecule has 0 bridgehead atoms. The second-order valence-electron chi connectivity index (χ2n) is 7.70. The molecule has 0 saturated carbocycles. The molecule has 1 aromatic rings. The summed E-state index contributed by atoms with van der Waals surface area (Å²) in [5, 5.41) is 9.15. The van der Waals surface area contributed by atoms with Gasteiger partial charge < -0.3 is 0 Å². The summed E-state index contributed by atoms with van der Waals surface area (Å²) in [6, 6.07) is 8.47. The largest absolute Gasteiger partial charge is 0.192 e. The van der Waals surface area contributed by atoms with Crippen LogP contribution in [0.15, 0.2) is 43.0 Å². The minimum atomic E-state index is 0.157. The van der Waals surface area contributed by atoms with E-state index in [2.05, 4.69) is 64.6 Å². The molecule has 2 unspecified atom stereocenters. The van der Waals surface area contributed by atoms with Crippen LogP contribution in [0.1, 0.15) is 50.3 Å². The Morgan fingerprint density at radius 1 is 1.41 bits per heavy atom. The second kappa shape index (κ2) is 6.13. The van der Waals surface area contributed by atoms with Crippen molar-refractivity contribution in [3.05, 3.63) is 59.7 Å². The molecule has 0 heterocycles. The van der Waals surface area contributed by atoms with Gasteiger partial charge in [0.25, 0.3) is 0 Å². The van der Waals surface area contributed by atoms with Gasteiger partial charge in [-0.05, 0) is 60.8 Å². The van der Waals surface area contributed by atoms with Crippen LogP contribution in [0.5, 0.6) is 0 Å². The van der Waals surface area contributed by atoms with Crippen molar-refractivity contribution in [2.75, 3.05) is 0 Å². The fourth-order valence-electron chi connectivity index (χ4n) is 3.49. The second-order valence-corrected chi connectivity index (χ2v) is 7.70. The van der Waals surface area contributed by atoms with Crippen LogP contribution in [0.3, 0.4) is 0 Å². The summed E-state index contributed by atoms with van der Waals surface area (Å²) in [5.74, 6) is 0.576. The van der Waals surface area contributed by atoms with Gasteiger partial charge in [0.2, 0.25) is 0 Å². The Labute approximate surface area is 135 Å². The van der Waals surface area contributed by atoms with Gasteiger partial charge in [-0.3, -0.25) is 0 Å². The van der Waals surface area contributed by atoms with Crippen molar-refractivity contribution in [3.63, 3.8) is 0 Å². The first-order chi connectivity index (χ1) is 10.3. The van der Waals surface area contributed by atoms with E-state index in [0.29, 0.717) is 5.92 Å². The van der Waals surface area contributed by atoms with E-state index in [1.807, 2.05) is 12.1 Å². The predicted molar refractivity (Wildman–Crippen MR) is 93.5 cm³/mol. The fraction of sp³-hybridized carbons (Fsp3) is 0.476. The third kappa shape index (κ3) is 3.69. The smallest absolute Gasteiger partial charge is 0.0991 e. The molecular weight excluding hydrogens is 266 g/mol. The Morgan fingerprint density at radius 3 is 2.68 bits per heavy atom. The molecule has 0 aliphatic heterocycles. The molecule has 1 aliphatic carbocycles. The standard InChI is InChI=1S/C21H27N/c1-6-21(5)9-7-19(8-10-21)20(3,4)14-17-11-16(2)12-18(13-17)15-22/h6-7,9,11-13,19H,1,8,10,14H2,2-5H3. The number of hydrogen-bond acceptors (Lipinski definition) is 1. The number of allylic oxidation sites excluding steroid dienone is 3. The average Bonchev–Trinajstić information content (AvgIpc) is 2.46. The zero-order valence-corrected chi connectivity index (χ0v) is 14.3. The summed E-state index contributed by atoms with van der Waals surface area (Å²) in [5.41, 5.74) is 3.56. The Bertz CT molecular complexity index is 630. The molecule has 22 heavy (non-hydrogen) atoms. The van der Waals surface area contributed by atoms with Crippen molar-refractivity contribution >= 4 is 0 Å². The topological polar surface area (TPSA) is 23.8 Å². The monoisotopic (exact) mass is 293 g/mol. The van der Waals surface area contributed by atoms with Gasteiger partial charge in [-0.15, -0.1) is 6.58 Å². The molecule has 1 aliphatic rings. The van der Waals surface area contributed by atoms with E-state index in [1.165, 1.54) is 24.0 Å². The van der Waals surface area contributed by atoms with Crippen LogP contribution in [0.25, 0.3) is 0 Å². The van der Waals surface area contributed by atoms with Crippen molar-refractivity contribution in [1.82, 2.24) is 0 Å². The van der Waals surface area contributed by atoms with Gasteiger partial charge in [-0.2, -0.15) is 5.26 Å². The number of nitrogens with zero attached hydrogens (tertiary/aromatic N) is 1. The molecule has 0 amide bonds. The molecule has 1 heteroatoms. The lowest BCUT2D eigenvalue weighted by Crippen LogP contribution is -2.29. The highest BCUT2D eigenvalue weighted by Gasteiger charge is 2.33. The lowest BCUT2D eigenvalue weighted by molar-refractivity contribution is 0.215. The summed E-state index contributed by atoms with van der Waals surface area (Å²) in [6.45, 7) is 13.0. The Hall–Kier alpha value is -1.81. The Balaban J connectivity index is 2.18. The number of rotatable bonds is 4. The third-order valence-corrected chi connectivity index (χ3v) is 5.10. The van der Waals surface area contributed by atoms with Crippen molar-refractivity contribution < 1.29 is 0 Å². The van der Waals surface area contributed by atoms with Crippen LogP contribution in [0, 0.1) is 35.0 Å². The lowest BCUT2D eigenvalue weighted by atomic mass is 9.66. The van der Waals surface area contributed by atoms with E-state index in [1.54, 1.807) is 0 Å². The highest BCUT2D eigenvalue weighted by Crippen LogP contribution is 2.42. The highest BCUT2D eigenvalue weighted by molar-refractivity contribution is 5.37. The molecular formula is C21H27N. The molecule has 1 aromatic carbocycles. The van der Waals surface area contributed by atoms with Crippen LogP contribution in [-0.2, 0) is 6.42 Å². The minimum absolute atomic E-state index is 0.157. The Morgan fingerprint density at radius 2 is 2.14 bits per heavy atom. The van der Waals surface area contributed by atoms with E-state index < -0.39 is 0 Å². The zero-order valence-electron chi connectivity index (χ0n) is 14.3. The molecule has 0 fully saturated rings. The van der Waals surface area contributed by atoms with Crippen molar-refractivity contribution in [1.29, 1.82) is 5.26 Å². The predicted octanol–water partition coefficient (Wildman–Crippen LogP) is 5.59. The van der Waals surface area contributed by atoms with Crippen molar-refractivity contribution in [2.24, 2.45) is 16.7 Å². The quantitative estimate of drug-likeness (QED) is 0.663. The van der Waals surface area contributed by atoms with Crippen molar-refractivity contribution in [2.45, 2.75) is 47.0 Å². The van der Waals surface area contributed by atoms with Gasteiger partial charge in [0.1, 0.15) is 0 Å². The molecule has 0 saturated heterocycles. The van der Waals surface area contributed by atoms with Gasteiger partial charge in [-0.1, -0.05) is 45.1 Å². The molecule has 2 atom stereocenters. The summed E-state index contributed by atoms with van der Waals surface area (Å²) in [7, 11) is 0. The molecule has 0 spiro atoms. The number of hydrogen-bond donors (Lipinski definition) is 0. The molecule has 116 valence electrons. The Kier molecular flexibility index (Phi) is 4.61. The molecule has 0 radical (unpaired) electrons. The van der Waals surface area contributed by atoms with Gasteiger partial charge in [0.15, 0.2) is 0 Å². The summed E-state index contributed by atoms with van der Waals surface area (Å²) >= 11 is 0. The summed E-state index contributed by atoms with van der Waals surface area (Å²) < 4.78 is 0. The highest BCUT2D eigenvalue weighted by atomic mass is 14.4. The fourth-order valence-corrected chi connectivity index (χ4v) is 3.49. The summed E-state index contributed by atoms with van der Waals surface area (Å²) in [4.78, 5) is 0. The first-order valence-corrected chi connectivity index (χ1v) is 8.12. The SMILES string of the molecule is C=CC1(C)C=CC(C(C)(C)Cc2cc(C)cc(C#N)c2)CC1. The van der Waals surface area contributed by atoms with Crippen molar-refractivity contribution in [3.8, 4) is 6.07 Å². The van der Waals surface area contributed by atoms with E-state index in [4.69, 9.17) is 5.26 Å². The van der Waals surface area contributed by atoms with Crippen LogP contribution in [-0.4, -0.2) is 0 Å². The van der Waals surface area contributed by atoms with Gasteiger partial charge in [0, 0.05) is 5.41 Å². The molecule has 2 rings (SSSR count). The molecule has 0 N–H and O–H groups in total. The maximum absolute atomic E-state index is 9.15. The van der Waals surface area contributed by atoms with E-state index >= 15 is 0 Å². The molecule has 1 nitrogen and oxygen atoms in total. The van der Waals surface area contributed by atoms with Gasteiger partial charge in [0.05, 0.1) is 11.6 Å². The lowest BCUT2D eigenvalue weighted by Gasteiger charge is -2.38. The van der Waals surface area contributed by atoms with E-state index in [9.17, 15) is 0 Å². The van der Waals surface area contributed by atoms with Crippen LogP contribution in [0.2, 0.25) is 0 Å². The first kappa shape index (κ1) is 16.6. The number of benzene rings is 1. The zero-order chi connectivity index (χ0) is 16.4. The normalized spacial score (nSPS) is 24.8. The minimum Gasteiger partial charge on any atom is -0.192 e. The van der Waals surface area contributed by atoms with Crippen LogP contribution < -0.4 is 0 Å². The van der Waals surface area contributed by atoms with Crippen LogP contribution >= 0.6 is 0 Å². The maximum atomic E-state index is 9.15. The molecule has 0 aromatic heterocycles.